The van der Waals surface area contributed by atoms with E-state index in [1.54, 1.807) is 0 Å². The summed E-state index contributed by atoms with van der Waals surface area (Å²) in [4.78, 5) is 0. The third kappa shape index (κ3) is 5.76. The summed E-state index contributed by atoms with van der Waals surface area (Å²) in [6, 6.07) is 0. The highest BCUT2D eigenvalue weighted by atomic mass is 16.3. The summed E-state index contributed by atoms with van der Waals surface area (Å²) in [5.74, 6) is 0. The summed E-state index contributed by atoms with van der Waals surface area (Å²) < 4.78 is 0.620. The predicted molar refractivity (Wildman–Crippen MR) is 33.8 cm³/mol. The SMILES string of the molecule is C[N+](C)(C)CC([O-])CO. The molecule has 0 heterocycles. The zero-order valence-corrected chi connectivity index (χ0v) is 6.29. The Morgan fingerprint density at radius 2 is 1.89 bits per heavy atom. The Kier molecular flexibility index (Phi) is 3.11. The molecule has 0 rings (SSSR count). The van der Waals surface area contributed by atoms with E-state index in [-0.39, 0.29) is 6.61 Å². The Bertz CT molecular complexity index is 77.6. The number of aliphatic hydroxyl groups is 1. The molecular weight excluding hydrogens is 118 g/mol. The van der Waals surface area contributed by atoms with Gasteiger partial charge in [0.15, 0.2) is 0 Å². The largest absolute Gasteiger partial charge is 0.846 e. The molecule has 0 bridgehead atoms. The molecule has 56 valence electrons. The van der Waals surface area contributed by atoms with Gasteiger partial charge in [0.25, 0.3) is 0 Å². The predicted octanol–water partition coefficient (Wildman–Crippen LogP) is -1.59. The van der Waals surface area contributed by atoms with E-state index < -0.39 is 6.10 Å². The maximum absolute atomic E-state index is 10.6. The Balaban J connectivity index is 3.47. The maximum atomic E-state index is 10.6. The first kappa shape index (κ1) is 8.88. The van der Waals surface area contributed by atoms with Crippen LogP contribution in [0.5, 0.6) is 0 Å². The van der Waals surface area contributed by atoms with Crippen LogP contribution in [0, 0.1) is 0 Å². The maximum Gasteiger partial charge on any atom is 0.0676 e. The summed E-state index contributed by atoms with van der Waals surface area (Å²) in [6.45, 7) is 0.228. The first-order chi connectivity index (χ1) is 3.95. The van der Waals surface area contributed by atoms with Gasteiger partial charge >= 0.3 is 0 Å². The fraction of sp³-hybridized carbons (Fsp3) is 1.00. The molecule has 0 aromatic rings. The van der Waals surface area contributed by atoms with Gasteiger partial charge in [-0.3, -0.25) is 0 Å². The van der Waals surface area contributed by atoms with Gasteiger partial charge in [0.2, 0.25) is 0 Å². The van der Waals surface area contributed by atoms with Gasteiger partial charge in [-0.15, -0.1) is 0 Å². The quantitative estimate of drug-likeness (QED) is 0.472. The van der Waals surface area contributed by atoms with Gasteiger partial charge < -0.3 is 14.7 Å². The summed E-state index contributed by atoms with van der Waals surface area (Å²) in [7, 11) is 5.79. The van der Waals surface area contributed by atoms with Crippen molar-refractivity contribution >= 4 is 0 Å². The fourth-order valence-electron chi connectivity index (χ4n) is 0.669. The van der Waals surface area contributed by atoms with Crippen molar-refractivity contribution in [2.45, 2.75) is 6.10 Å². The van der Waals surface area contributed by atoms with E-state index >= 15 is 0 Å². The van der Waals surface area contributed by atoms with Crippen molar-refractivity contribution in [3.05, 3.63) is 0 Å². The molecule has 0 saturated heterocycles. The Hall–Kier alpha value is -0.120. The first-order valence-corrected chi connectivity index (χ1v) is 3.03. The third-order valence-corrected chi connectivity index (χ3v) is 0.955. The molecule has 9 heavy (non-hydrogen) atoms. The van der Waals surface area contributed by atoms with Crippen LogP contribution in [0.4, 0.5) is 0 Å². The molecule has 0 aromatic heterocycles. The molecule has 3 nitrogen and oxygen atoms in total. The molecule has 0 amide bonds. The van der Waals surface area contributed by atoms with E-state index in [2.05, 4.69) is 0 Å². The average Bonchev–Trinajstić information content (AvgIpc) is 1.62. The van der Waals surface area contributed by atoms with Crippen LogP contribution >= 0.6 is 0 Å². The van der Waals surface area contributed by atoms with Gasteiger partial charge in [0.1, 0.15) is 0 Å². The van der Waals surface area contributed by atoms with Crippen LogP contribution in [0.2, 0.25) is 0 Å². The van der Waals surface area contributed by atoms with E-state index in [4.69, 9.17) is 5.11 Å². The van der Waals surface area contributed by atoms with Crippen molar-refractivity contribution in [2.24, 2.45) is 0 Å². The molecule has 0 aliphatic heterocycles. The van der Waals surface area contributed by atoms with Crippen LogP contribution in [0.1, 0.15) is 0 Å². The van der Waals surface area contributed by atoms with Crippen molar-refractivity contribution in [3.8, 4) is 0 Å². The highest BCUT2D eigenvalue weighted by molar-refractivity contribution is 4.45. The third-order valence-electron chi connectivity index (χ3n) is 0.955. The van der Waals surface area contributed by atoms with Gasteiger partial charge in [-0.25, -0.2) is 0 Å². The average molecular weight is 133 g/mol. The minimum atomic E-state index is -0.829. The molecule has 0 aliphatic carbocycles. The highest BCUT2D eigenvalue weighted by Crippen LogP contribution is 1.90. The lowest BCUT2D eigenvalue weighted by Crippen LogP contribution is -2.48. The van der Waals surface area contributed by atoms with Crippen molar-refractivity contribution in [1.82, 2.24) is 0 Å². The molecule has 1 atom stereocenters. The van der Waals surface area contributed by atoms with E-state index in [9.17, 15) is 5.11 Å². The van der Waals surface area contributed by atoms with E-state index in [1.807, 2.05) is 21.1 Å². The second kappa shape index (κ2) is 3.15. The molecule has 0 aromatic carbocycles. The molecule has 0 radical (unpaired) electrons. The van der Waals surface area contributed by atoms with Crippen molar-refractivity contribution in [3.63, 3.8) is 0 Å². The Morgan fingerprint density at radius 3 is 2.00 bits per heavy atom. The number of nitrogens with zero attached hydrogens (tertiary/aromatic N) is 1. The zero-order valence-electron chi connectivity index (χ0n) is 6.29. The second-order valence-corrected chi connectivity index (χ2v) is 3.28. The van der Waals surface area contributed by atoms with E-state index in [1.165, 1.54) is 0 Å². The normalized spacial score (nSPS) is 15.7. The highest BCUT2D eigenvalue weighted by Gasteiger charge is 2.07. The molecule has 0 saturated carbocycles. The lowest BCUT2D eigenvalue weighted by atomic mass is 10.3. The van der Waals surface area contributed by atoms with Crippen molar-refractivity contribution in [2.75, 3.05) is 34.3 Å². The monoisotopic (exact) mass is 133 g/mol. The zero-order chi connectivity index (χ0) is 7.49. The Labute approximate surface area is 56.1 Å². The number of rotatable bonds is 3. The molecule has 1 N–H and O–H groups in total. The van der Waals surface area contributed by atoms with Gasteiger partial charge in [0, 0.05) is 6.61 Å². The first-order valence-electron chi connectivity index (χ1n) is 3.03. The number of hydrogen-bond acceptors (Lipinski definition) is 2. The van der Waals surface area contributed by atoms with Crippen LogP contribution in [0.15, 0.2) is 0 Å². The lowest BCUT2D eigenvalue weighted by molar-refractivity contribution is -0.880. The second-order valence-electron chi connectivity index (χ2n) is 3.28. The molecule has 3 heteroatoms. The standard InChI is InChI=1S/C6H15NO2/c1-7(2,3)4-6(9)5-8/h6,8H,4-5H2,1-3H3. The minimum Gasteiger partial charge on any atom is -0.846 e. The van der Waals surface area contributed by atoms with Crippen molar-refractivity contribution < 1.29 is 14.7 Å². The molecule has 0 aliphatic rings. The molecular formula is C6H15NO2. The van der Waals surface area contributed by atoms with Gasteiger partial charge in [-0.1, -0.05) is 6.10 Å². The number of quaternary nitrogens is 1. The minimum absolute atomic E-state index is 0.254. The van der Waals surface area contributed by atoms with Gasteiger partial charge in [-0.05, 0) is 0 Å². The number of hydrogen-bond donors (Lipinski definition) is 1. The van der Waals surface area contributed by atoms with Crippen LogP contribution in [0.3, 0.4) is 0 Å². The van der Waals surface area contributed by atoms with Gasteiger partial charge in [0.05, 0.1) is 27.7 Å². The lowest BCUT2D eigenvalue weighted by Gasteiger charge is -2.31. The van der Waals surface area contributed by atoms with Crippen LogP contribution < -0.4 is 5.11 Å². The summed E-state index contributed by atoms with van der Waals surface area (Å²) in [5.41, 5.74) is 0. The summed E-state index contributed by atoms with van der Waals surface area (Å²) >= 11 is 0. The molecule has 0 fully saturated rings. The van der Waals surface area contributed by atoms with Crippen LogP contribution in [0.25, 0.3) is 0 Å². The van der Waals surface area contributed by atoms with Gasteiger partial charge in [-0.2, -0.15) is 0 Å². The summed E-state index contributed by atoms with van der Waals surface area (Å²) in [6.07, 6.45) is -0.829. The van der Waals surface area contributed by atoms with Crippen molar-refractivity contribution in [1.29, 1.82) is 0 Å². The molecule has 1 unspecified atom stereocenters. The smallest absolute Gasteiger partial charge is 0.0676 e. The van der Waals surface area contributed by atoms with Crippen LogP contribution in [-0.2, 0) is 0 Å². The molecule has 0 spiro atoms. The van der Waals surface area contributed by atoms with E-state index in [0.717, 1.165) is 0 Å². The topological polar surface area (TPSA) is 43.3 Å². The van der Waals surface area contributed by atoms with E-state index in [0.29, 0.717) is 11.0 Å². The summed E-state index contributed by atoms with van der Waals surface area (Å²) in [5, 5.41) is 19.0. The van der Waals surface area contributed by atoms with Crippen LogP contribution in [-0.4, -0.2) is 50.0 Å². The fourth-order valence-corrected chi connectivity index (χ4v) is 0.669. The Morgan fingerprint density at radius 1 is 1.44 bits per heavy atom. The number of aliphatic hydroxyl groups excluding tert-OH is 1. The number of likely N-dealkylation sites (N-methyl/N-ethyl adjacent to an activating group) is 1.